The van der Waals surface area contributed by atoms with Crippen LogP contribution in [0.2, 0.25) is 0 Å². The molecule has 2 aromatic rings. The Kier molecular flexibility index (Phi) is 4.60. The van der Waals surface area contributed by atoms with Crippen LogP contribution >= 0.6 is 11.3 Å². The highest BCUT2D eigenvalue weighted by molar-refractivity contribution is 7.92. The summed E-state index contributed by atoms with van der Waals surface area (Å²) < 4.78 is 24.7. The lowest BCUT2D eigenvalue weighted by molar-refractivity contribution is 0.102. The number of amides is 1. The zero-order chi connectivity index (χ0) is 17.3. The summed E-state index contributed by atoms with van der Waals surface area (Å²) in [6.45, 7) is 0. The van der Waals surface area contributed by atoms with Gasteiger partial charge in [0, 0.05) is 11.9 Å². The number of hydrogen-bond donors (Lipinski definition) is 1. The molecule has 0 fully saturated rings. The molecule has 8 heteroatoms. The van der Waals surface area contributed by atoms with Crippen LogP contribution in [0.15, 0.2) is 24.3 Å². The smallest absolute Gasteiger partial charge is 0.259 e. The average molecular weight is 365 g/mol. The summed E-state index contributed by atoms with van der Waals surface area (Å²) in [5.41, 5.74) is 1.72. The van der Waals surface area contributed by atoms with E-state index in [0.29, 0.717) is 16.4 Å². The predicted molar refractivity (Wildman–Crippen MR) is 96.4 cm³/mol. The van der Waals surface area contributed by atoms with Gasteiger partial charge >= 0.3 is 0 Å². The molecule has 1 aromatic heterocycles. The van der Waals surface area contributed by atoms with Crippen LogP contribution in [0.25, 0.3) is 0 Å². The van der Waals surface area contributed by atoms with Crippen molar-refractivity contribution in [3.63, 3.8) is 0 Å². The zero-order valence-electron chi connectivity index (χ0n) is 13.6. The maximum absolute atomic E-state index is 12.6. The number of benzene rings is 1. The van der Waals surface area contributed by atoms with Crippen LogP contribution in [0.3, 0.4) is 0 Å². The molecule has 1 N–H and O–H groups in total. The fourth-order valence-electron chi connectivity index (χ4n) is 2.69. The van der Waals surface area contributed by atoms with E-state index in [2.05, 4.69) is 10.3 Å². The lowest BCUT2D eigenvalue weighted by Crippen LogP contribution is -2.27. The van der Waals surface area contributed by atoms with Gasteiger partial charge in [0.25, 0.3) is 5.91 Å². The molecule has 1 amide bonds. The molecule has 1 aliphatic rings. The van der Waals surface area contributed by atoms with E-state index in [9.17, 15) is 13.2 Å². The molecule has 0 saturated heterocycles. The monoisotopic (exact) mass is 365 g/mol. The number of anilines is 2. The lowest BCUT2D eigenvalue weighted by atomic mass is 10.0. The van der Waals surface area contributed by atoms with Crippen LogP contribution in [0.5, 0.6) is 0 Å². The first-order chi connectivity index (χ1) is 11.4. The molecule has 0 unspecified atom stereocenters. The standard InChI is InChI=1S/C16H19N3O3S2/c1-19(24(2,21)22)13-9-5-3-7-11(13)15(20)18-16-17-12-8-4-6-10-14(12)23-16/h3,5,7,9H,4,6,8,10H2,1-2H3,(H,17,18,20). The first-order valence-electron chi connectivity index (χ1n) is 7.69. The Bertz CT molecular complexity index is 851. The van der Waals surface area contributed by atoms with Crippen molar-refractivity contribution in [2.45, 2.75) is 25.7 Å². The Morgan fingerprint density at radius 2 is 1.96 bits per heavy atom. The molecule has 128 valence electrons. The number of aryl methyl sites for hydroxylation is 2. The van der Waals surface area contributed by atoms with E-state index >= 15 is 0 Å². The number of rotatable bonds is 4. The summed E-state index contributed by atoms with van der Waals surface area (Å²) in [5, 5.41) is 3.38. The molecule has 1 heterocycles. The second-order valence-electron chi connectivity index (χ2n) is 5.80. The highest BCUT2D eigenvalue weighted by Crippen LogP contribution is 2.30. The number of nitrogens with one attached hydrogen (secondary N) is 1. The minimum Gasteiger partial charge on any atom is -0.298 e. The van der Waals surface area contributed by atoms with Gasteiger partial charge in [0.1, 0.15) is 0 Å². The molecular weight excluding hydrogens is 346 g/mol. The third kappa shape index (κ3) is 3.44. The molecule has 0 bridgehead atoms. The minimum atomic E-state index is -3.45. The Morgan fingerprint density at radius 1 is 1.25 bits per heavy atom. The zero-order valence-corrected chi connectivity index (χ0v) is 15.2. The molecule has 6 nitrogen and oxygen atoms in total. The first kappa shape index (κ1) is 16.9. The van der Waals surface area contributed by atoms with Crippen LogP contribution in [0.1, 0.15) is 33.8 Å². The van der Waals surface area contributed by atoms with Crippen molar-refractivity contribution in [2.75, 3.05) is 22.9 Å². The lowest BCUT2D eigenvalue weighted by Gasteiger charge is -2.19. The maximum atomic E-state index is 12.6. The number of aromatic nitrogens is 1. The molecular formula is C16H19N3O3S2. The van der Waals surface area contributed by atoms with Gasteiger partial charge < -0.3 is 0 Å². The second kappa shape index (κ2) is 6.52. The van der Waals surface area contributed by atoms with Gasteiger partial charge in [-0.1, -0.05) is 12.1 Å². The number of para-hydroxylation sites is 1. The number of carbonyl (C=O) groups excluding carboxylic acids is 1. The van der Waals surface area contributed by atoms with E-state index in [1.807, 2.05) is 0 Å². The second-order valence-corrected chi connectivity index (χ2v) is 8.90. The van der Waals surface area contributed by atoms with Crippen LogP contribution in [-0.2, 0) is 22.9 Å². The predicted octanol–water partition coefficient (Wildman–Crippen LogP) is 2.67. The van der Waals surface area contributed by atoms with Crippen molar-refractivity contribution in [3.8, 4) is 0 Å². The summed E-state index contributed by atoms with van der Waals surface area (Å²) in [5.74, 6) is -0.354. The largest absolute Gasteiger partial charge is 0.298 e. The van der Waals surface area contributed by atoms with Crippen molar-refractivity contribution in [1.82, 2.24) is 4.98 Å². The van der Waals surface area contributed by atoms with E-state index < -0.39 is 10.0 Å². The summed E-state index contributed by atoms with van der Waals surface area (Å²) in [4.78, 5) is 18.3. The highest BCUT2D eigenvalue weighted by Gasteiger charge is 2.21. The third-order valence-electron chi connectivity index (χ3n) is 4.05. The van der Waals surface area contributed by atoms with Crippen LogP contribution in [0.4, 0.5) is 10.8 Å². The van der Waals surface area contributed by atoms with Gasteiger partial charge in [-0.15, -0.1) is 11.3 Å². The number of carbonyl (C=O) groups is 1. The summed E-state index contributed by atoms with van der Waals surface area (Å²) in [6.07, 6.45) is 5.36. The summed E-state index contributed by atoms with van der Waals surface area (Å²) in [7, 11) is -2.01. The fraction of sp³-hybridized carbons (Fsp3) is 0.375. The van der Waals surface area contributed by atoms with E-state index in [-0.39, 0.29) is 5.91 Å². The normalized spacial score (nSPS) is 14.1. The van der Waals surface area contributed by atoms with Crippen molar-refractivity contribution in [1.29, 1.82) is 0 Å². The van der Waals surface area contributed by atoms with E-state index in [1.165, 1.54) is 23.3 Å². The molecule has 0 saturated carbocycles. The van der Waals surface area contributed by atoms with Crippen molar-refractivity contribution in [2.24, 2.45) is 0 Å². The number of sulfonamides is 1. The number of nitrogens with zero attached hydrogens (tertiary/aromatic N) is 2. The summed E-state index contributed by atoms with van der Waals surface area (Å²) in [6, 6.07) is 6.64. The van der Waals surface area contributed by atoms with Crippen LogP contribution in [-0.4, -0.2) is 32.6 Å². The fourth-order valence-corrected chi connectivity index (χ4v) is 4.25. The Hall–Kier alpha value is -1.93. The molecule has 3 rings (SSSR count). The number of thiazole rings is 1. The molecule has 0 radical (unpaired) electrons. The number of hydrogen-bond acceptors (Lipinski definition) is 5. The first-order valence-corrected chi connectivity index (χ1v) is 10.4. The van der Waals surface area contributed by atoms with Gasteiger partial charge in [-0.25, -0.2) is 13.4 Å². The van der Waals surface area contributed by atoms with E-state index in [4.69, 9.17) is 0 Å². The van der Waals surface area contributed by atoms with E-state index in [1.54, 1.807) is 24.3 Å². The number of fused-ring (bicyclic) bond motifs is 1. The Balaban J connectivity index is 1.87. The minimum absolute atomic E-state index is 0.304. The van der Waals surface area contributed by atoms with Gasteiger partial charge in [0.05, 0.1) is 23.2 Å². The Labute approximate surface area is 145 Å². The molecule has 24 heavy (non-hydrogen) atoms. The molecule has 0 aliphatic heterocycles. The van der Waals surface area contributed by atoms with Gasteiger partial charge in [0.2, 0.25) is 10.0 Å². The Morgan fingerprint density at radius 3 is 2.67 bits per heavy atom. The third-order valence-corrected chi connectivity index (χ3v) is 6.32. The van der Waals surface area contributed by atoms with Crippen LogP contribution in [0, 0.1) is 0 Å². The average Bonchev–Trinajstić information content (AvgIpc) is 2.95. The molecule has 0 spiro atoms. The topological polar surface area (TPSA) is 79.4 Å². The van der Waals surface area contributed by atoms with Crippen molar-refractivity contribution < 1.29 is 13.2 Å². The molecule has 1 aliphatic carbocycles. The van der Waals surface area contributed by atoms with Gasteiger partial charge in [0.15, 0.2) is 5.13 Å². The van der Waals surface area contributed by atoms with Gasteiger partial charge in [-0.2, -0.15) is 0 Å². The summed E-state index contributed by atoms with van der Waals surface area (Å²) >= 11 is 1.50. The van der Waals surface area contributed by atoms with Crippen molar-refractivity contribution in [3.05, 3.63) is 40.4 Å². The highest BCUT2D eigenvalue weighted by atomic mass is 32.2. The van der Waals surface area contributed by atoms with Gasteiger partial charge in [-0.3, -0.25) is 14.4 Å². The SMILES string of the molecule is CN(c1ccccc1C(=O)Nc1nc2c(s1)CCCC2)S(C)(=O)=O. The molecule has 0 atom stereocenters. The maximum Gasteiger partial charge on any atom is 0.259 e. The quantitative estimate of drug-likeness (QED) is 0.903. The van der Waals surface area contributed by atoms with E-state index in [0.717, 1.165) is 41.9 Å². The van der Waals surface area contributed by atoms with Crippen molar-refractivity contribution >= 4 is 38.1 Å². The van der Waals surface area contributed by atoms with Crippen LogP contribution < -0.4 is 9.62 Å². The molecule has 1 aromatic carbocycles. The van der Waals surface area contributed by atoms with Gasteiger partial charge in [-0.05, 0) is 37.8 Å².